The fourth-order valence-corrected chi connectivity index (χ4v) is 3.45. The van der Waals surface area contributed by atoms with E-state index >= 15 is 0 Å². The topological polar surface area (TPSA) is 15.3 Å². The molecule has 2 saturated carbocycles. The van der Waals surface area contributed by atoms with Crippen molar-refractivity contribution in [1.29, 1.82) is 0 Å². The number of fused-ring (bicyclic) bond motifs is 1. The molecule has 3 rings (SSSR count). The standard InChI is InChI=1S/C16H24N2/c1-3-18(4-2)14-8-6-13(7-9-14)17-16-10-5-12-11-15(12)16/h6-9,12,15-17H,3-5,10-11H2,1-2H3. The van der Waals surface area contributed by atoms with E-state index in [0.717, 1.165) is 31.0 Å². The molecule has 3 unspecified atom stereocenters. The van der Waals surface area contributed by atoms with Crippen LogP contribution in [0.25, 0.3) is 0 Å². The molecule has 1 aromatic carbocycles. The van der Waals surface area contributed by atoms with Gasteiger partial charge in [0.05, 0.1) is 0 Å². The van der Waals surface area contributed by atoms with Gasteiger partial charge < -0.3 is 10.2 Å². The lowest BCUT2D eigenvalue weighted by Gasteiger charge is -2.22. The molecule has 3 atom stereocenters. The highest BCUT2D eigenvalue weighted by Crippen LogP contribution is 2.52. The van der Waals surface area contributed by atoms with Crippen LogP contribution in [0.5, 0.6) is 0 Å². The van der Waals surface area contributed by atoms with Crippen molar-refractivity contribution in [1.82, 2.24) is 0 Å². The summed E-state index contributed by atoms with van der Waals surface area (Å²) in [5, 5.41) is 3.72. The summed E-state index contributed by atoms with van der Waals surface area (Å²) in [7, 11) is 0. The Morgan fingerprint density at radius 2 is 1.83 bits per heavy atom. The smallest absolute Gasteiger partial charge is 0.0367 e. The van der Waals surface area contributed by atoms with Gasteiger partial charge in [-0.2, -0.15) is 0 Å². The molecular formula is C16H24N2. The highest BCUT2D eigenvalue weighted by atomic mass is 15.1. The van der Waals surface area contributed by atoms with Crippen molar-refractivity contribution in [2.75, 3.05) is 23.3 Å². The Labute approximate surface area is 110 Å². The normalized spacial score (nSPS) is 28.9. The highest BCUT2D eigenvalue weighted by molar-refractivity contribution is 5.55. The Morgan fingerprint density at radius 3 is 2.33 bits per heavy atom. The SMILES string of the molecule is CCN(CC)c1ccc(NC2CCC3CC32)cc1. The summed E-state index contributed by atoms with van der Waals surface area (Å²) in [6.45, 7) is 6.58. The first kappa shape index (κ1) is 11.9. The first-order valence-electron chi connectivity index (χ1n) is 7.43. The van der Waals surface area contributed by atoms with Gasteiger partial charge in [-0.15, -0.1) is 0 Å². The maximum absolute atomic E-state index is 3.72. The molecule has 2 heteroatoms. The number of hydrogen-bond donors (Lipinski definition) is 1. The van der Waals surface area contributed by atoms with E-state index in [1.807, 2.05) is 0 Å². The molecule has 98 valence electrons. The van der Waals surface area contributed by atoms with E-state index in [2.05, 4.69) is 48.3 Å². The second-order valence-electron chi connectivity index (χ2n) is 5.71. The van der Waals surface area contributed by atoms with Gasteiger partial charge >= 0.3 is 0 Å². The summed E-state index contributed by atoms with van der Waals surface area (Å²) >= 11 is 0. The van der Waals surface area contributed by atoms with E-state index < -0.39 is 0 Å². The monoisotopic (exact) mass is 244 g/mol. The minimum absolute atomic E-state index is 0.745. The zero-order chi connectivity index (χ0) is 12.5. The van der Waals surface area contributed by atoms with Gasteiger partial charge in [-0.1, -0.05) is 0 Å². The number of nitrogens with zero attached hydrogens (tertiary/aromatic N) is 1. The average Bonchev–Trinajstić information content (AvgIpc) is 3.09. The molecule has 1 aromatic rings. The van der Waals surface area contributed by atoms with Crippen molar-refractivity contribution >= 4 is 11.4 Å². The van der Waals surface area contributed by atoms with Crippen LogP contribution in [-0.2, 0) is 0 Å². The zero-order valence-electron chi connectivity index (χ0n) is 11.5. The number of anilines is 2. The summed E-state index contributed by atoms with van der Waals surface area (Å²) in [5.41, 5.74) is 2.63. The minimum atomic E-state index is 0.745. The molecule has 0 radical (unpaired) electrons. The molecular weight excluding hydrogens is 220 g/mol. The van der Waals surface area contributed by atoms with Gasteiger partial charge in [0.25, 0.3) is 0 Å². The third kappa shape index (κ3) is 2.21. The molecule has 0 saturated heterocycles. The van der Waals surface area contributed by atoms with Crippen LogP contribution in [0.2, 0.25) is 0 Å². The summed E-state index contributed by atoms with van der Waals surface area (Å²) in [4.78, 5) is 2.39. The minimum Gasteiger partial charge on any atom is -0.382 e. The second kappa shape index (κ2) is 4.83. The Bertz CT molecular complexity index is 394. The fourth-order valence-electron chi connectivity index (χ4n) is 3.45. The van der Waals surface area contributed by atoms with Gasteiger partial charge in [0.2, 0.25) is 0 Å². The first-order chi connectivity index (χ1) is 8.81. The van der Waals surface area contributed by atoms with Crippen molar-refractivity contribution in [3.63, 3.8) is 0 Å². The number of benzene rings is 1. The van der Waals surface area contributed by atoms with Gasteiger partial charge in [-0.3, -0.25) is 0 Å². The second-order valence-corrected chi connectivity index (χ2v) is 5.71. The number of nitrogens with one attached hydrogen (secondary N) is 1. The molecule has 0 aromatic heterocycles. The maximum Gasteiger partial charge on any atom is 0.0367 e. The van der Waals surface area contributed by atoms with Crippen LogP contribution in [0.1, 0.15) is 33.1 Å². The molecule has 0 bridgehead atoms. The lowest BCUT2D eigenvalue weighted by atomic mass is 10.1. The molecule has 1 N–H and O–H groups in total. The average molecular weight is 244 g/mol. The first-order valence-corrected chi connectivity index (χ1v) is 7.43. The zero-order valence-corrected chi connectivity index (χ0v) is 11.5. The van der Waals surface area contributed by atoms with Crippen molar-refractivity contribution < 1.29 is 0 Å². The highest BCUT2D eigenvalue weighted by Gasteiger charge is 2.47. The Kier molecular flexibility index (Phi) is 3.19. The molecule has 0 spiro atoms. The van der Waals surface area contributed by atoms with E-state index in [9.17, 15) is 0 Å². The largest absolute Gasteiger partial charge is 0.382 e. The van der Waals surface area contributed by atoms with Gasteiger partial charge in [-0.05, 0) is 69.2 Å². The van der Waals surface area contributed by atoms with Crippen molar-refractivity contribution in [3.05, 3.63) is 24.3 Å². The third-order valence-electron chi connectivity index (χ3n) is 4.69. The van der Waals surface area contributed by atoms with Crippen LogP contribution in [0.4, 0.5) is 11.4 Å². The maximum atomic E-state index is 3.72. The Hall–Kier alpha value is -1.18. The summed E-state index contributed by atoms with van der Waals surface area (Å²) in [6.07, 6.45) is 4.28. The Morgan fingerprint density at radius 1 is 1.11 bits per heavy atom. The molecule has 2 aliphatic rings. The lowest BCUT2D eigenvalue weighted by molar-refractivity contribution is 0.654. The van der Waals surface area contributed by atoms with Crippen LogP contribution in [0, 0.1) is 11.8 Å². The van der Waals surface area contributed by atoms with E-state index in [4.69, 9.17) is 0 Å². The number of rotatable bonds is 5. The van der Waals surface area contributed by atoms with E-state index in [1.54, 1.807) is 0 Å². The molecule has 2 fully saturated rings. The van der Waals surface area contributed by atoms with Crippen molar-refractivity contribution in [2.45, 2.75) is 39.2 Å². The predicted molar refractivity (Wildman–Crippen MR) is 78.2 cm³/mol. The quantitative estimate of drug-likeness (QED) is 0.848. The van der Waals surface area contributed by atoms with Crippen LogP contribution in [0.3, 0.4) is 0 Å². The molecule has 2 nitrogen and oxygen atoms in total. The van der Waals surface area contributed by atoms with Gasteiger partial charge in [0, 0.05) is 30.5 Å². The van der Waals surface area contributed by atoms with Crippen molar-refractivity contribution in [3.8, 4) is 0 Å². The van der Waals surface area contributed by atoms with Crippen LogP contribution in [-0.4, -0.2) is 19.1 Å². The van der Waals surface area contributed by atoms with E-state index in [1.165, 1.54) is 30.6 Å². The number of hydrogen-bond acceptors (Lipinski definition) is 2. The molecule has 0 amide bonds. The Balaban J connectivity index is 1.63. The van der Waals surface area contributed by atoms with E-state index in [-0.39, 0.29) is 0 Å². The fraction of sp³-hybridized carbons (Fsp3) is 0.625. The molecule has 0 aliphatic heterocycles. The van der Waals surface area contributed by atoms with E-state index in [0.29, 0.717) is 0 Å². The summed E-state index contributed by atoms with van der Waals surface area (Å²) in [5.74, 6) is 2.03. The lowest BCUT2D eigenvalue weighted by Crippen LogP contribution is -2.22. The van der Waals surface area contributed by atoms with Crippen molar-refractivity contribution in [2.24, 2.45) is 11.8 Å². The van der Waals surface area contributed by atoms with Crippen LogP contribution >= 0.6 is 0 Å². The predicted octanol–water partition coefficient (Wildman–Crippen LogP) is 3.74. The molecule has 2 aliphatic carbocycles. The van der Waals surface area contributed by atoms with Crippen LogP contribution in [0.15, 0.2) is 24.3 Å². The van der Waals surface area contributed by atoms with Crippen LogP contribution < -0.4 is 10.2 Å². The van der Waals surface area contributed by atoms with Gasteiger partial charge in [0.1, 0.15) is 0 Å². The summed E-state index contributed by atoms with van der Waals surface area (Å²) < 4.78 is 0. The molecule has 0 heterocycles. The molecule has 18 heavy (non-hydrogen) atoms. The van der Waals surface area contributed by atoms with Gasteiger partial charge in [-0.25, -0.2) is 0 Å². The summed E-state index contributed by atoms with van der Waals surface area (Å²) in [6, 6.07) is 9.71. The van der Waals surface area contributed by atoms with Gasteiger partial charge in [0.15, 0.2) is 0 Å². The third-order valence-corrected chi connectivity index (χ3v) is 4.69.